The van der Waals surface area contributed by atoms with E-state index in [9.17, 15) is 0 Å². The summed E-state index contributed by atoms with van der Waals surface area (Å²) in [5, 5.41) is 10.8. The molecule has 0 spiro atoms. The molecule has 0 aliphatic carbocycles. The maximum atomic E-state index is 4.39. The molecular formula is C13H17N5. The molecule has 5 nitrogen and oxygen atoms in total. The molecule has 2 N–H and O–H groups in total. The number of nitrogens with one attached hydrogen (secondary N) is 2. The van der Waals surface area contributed by atoms with Crippen LogP contribution in [0.3, 0.4) is 0 Å². The van der Waals surface area contributed by atoms with Gasteiger partial charge >= 0.3 is 0 Å². The van der Waals surface area contributed by atoms with Gasteiger partial charge in [-0.3, -0.25) is 10.1 Å². The highest BCUT2D eigenvalue weighted by atomic mass is 15.3. The molecule has 18 heavy (non-hydrogen) atoms. The zero-order chi connectivity index (χ0) is 12.2. The highest BCUT2D eigenvalue weighted by Gasteiger charge is 2.13. The quantitative estimate of drug-likeness (QED) is 0.834. The molecule has 1 aliphatic heterocycles. The number of H-pyrrole nitrogens is 1. The summed E-state index contributed by atoms with van der Waals surface area (Å²) < 4.78 is 0. The van der Waals surface area contributed by atoms with E-state index in [4.69, 9.17) is 0 Å². The van der Waals surface area contributed by atoms with Crippen LogP contribution in [0.1, 0.15) is 6.42 Å². The molecule has 1 aliphatic rings. The molecule has 2 aromatic heterocycles. The van der Waals surface area contributed by atoms with Crippen molar-refractivity contribution >= 4 is 5.82 Å². The van der Waals surface area contributed by atoms with Gasteiger partial charge in [-0.25, -0.2) is 0 Å². The van der Waals surface area contributed by atoms with E-state index in [1.54, 1.807) is 6.20 Å². The largest absolute Gasteiger partial charge is 0.354 e. The molecule has 1 saturated heterocycles. The van der Waals surface area contributed by atoms with Crippen molar-refractivity contribution < 1.29 is 0 Å². The predicted octanol–water partition coefficient (Wildman–Crippen LogP) is 1.27. The Morgan fingerprint density at radius 3 is 3.06 bits per heavy atom. The average molecular weight is 243 g/mol. The fourth-order valence-corrected chi connectivity index (χ4v) is 2.20. The summed E-state index contributed by atoms with van der Waals surface area (Å²) >= 11 is 0. The maximum absolute atomic E-state index is 4.39. The second-order valence-electron chi connectivity index (χ2n) is 4.45. The lowest BCUT2D eigenvalue weighted by Gasteiger charge is -2.18. The maximum Gasteiger partial charge on any atom is 0.151 e. The Kier molecular flexibility index (Phi) is 3.23. The first-order chi connectivity index (χ1) is 8.93. The van der Waals surface area contributed by atoms with Gasteiger partial charge in [0.05, 0.1) is 11.4 Å². The van der Waals surface area contributed by atoms with E-state index >= 15 is 0 Å². The SMILES string of the molecule is c1ccc(-c2cc(N3CCCNCC3)n[nH]2)nc1. The molecule has 0 radical (unpaired) electrons. The molecule has 0 unspecified atom stereocenters. The monoisotopic (exact) mass is 243 g/mol. The van der Waals surface area contributed by atoms with Gasteiger partial charge in [0.25, 0.3) is 0 Å². The molecule has 0 saturated carbocycles. The first-order valence-corrected chi connectivity index (χ1v) is 6.36. The summed E-state index contributed by atoms with van der Waals surface area (Å²) in [5.41, 5.74) is 1.91. The van der Waals surface area contributed by atoms with Crippen LogP contribution in [-0.2, 0) is 0 Å². The van der Waals surface area contributed by atoms with Gasteiger partial charge in [0.1, 0.15) is 0 Å². The number of aromatic amines is 1. The standard InChI is InChI=1S/C13H17N5/c1-2-6-15-11(4-1)12-10-13(17-16-12)18-8-3-5-14-7-9-18/h1-2,4,6,10,14H,3,5,7-9H2,(H,16,17). The van der Waals surface area contributed by atoms with Gasteiger partial charge in [-0.2, -0.15) is 5.10 Å². The lowest BCUT2D eigenvalue weighted by atomic mass is 10.2. The van der Waals surface area contributed by atoms with Crippen LogP contribution in [0.4, 0.5) is 5.82 Å². The summed E-state index contributed by atoms with van der Waals surface area (Å²) in [6.07, 6.45) is 2.96. The number of hydrogen-bond donors (Lipinski definition) is 2. The van der Waals surface area contributed by atoms with Crippen LogP contribution in [0, 0.1) is 0 Å². The lowest BCUT2D eigenvalue weighted by Crippen LogP contribution is -2.28. The van der Waals surface area contributed by atoms with Gasteiger partial charge in [0, 0.05) is 31.9 Å². The van der Waals surface area contributed by atoms with E-state index in [1.807, 2.05) is 18.2 Å². The Bertz CT molecular complexity index is 485. The minimum absolute atomic E-state index is 0.934. The summed E-state index contributed by atoms with van der Waals surface area (Å²) in [7, 11) is 0. The predicted molar refractivity (Wildman–Crippen MR) is 71.5 cm³/mol. The van der Waals surface area contributed by atoms with Crippen molar-refractivity contribution in [3.05, 3.63) is 30.5 Å². The van der Waals surface area contributed by atoms with E-state index in [0.29, 0.717) is 0 Å². The zero-order valence-electron chi connectivity index (χ0n) is 10.3. The molecule has 0 aromatic carbocycles. The van der Waals surface area contributed by atoms with E-state index in [1.165, 1.54) is 0 Å². The normalized spacial score (nSPS) is 16.6. The number of anilines is 1. The van der Waals surface area contributed by atoms with Gasteiger partial charge in [0.15, 0.2) is 5.82 Å². The van der Waals surface area contributed by atoms with E-state index in [2.05, 4.69) is 31.5 Å². The third kappa shape index (κ3) is 2.36. The van der Waals surface area contributed by atoms with Crippen molar-refractivity contribution in [3.8, 4) is 11.4 Å². The molecule has 0 atom stereocenters. The van der Waals surface area contributed by atoms with Crippen LogP contribution >= 0.6 is 0 Å². The molecule has 0 amide bonds. The number of nitrogens with zero attached hydrogens (tertiary/aromatic N) is 3. The molecule has 94 valence electrons. The van der Waals surface area contributed by atoms with Crippen LogP contribution in [0.2, 0.25) is 0 Å². The van der Waals surface area contributed by atoms with Crippen molar-refractivity contribution in [2.75, 3.05) is 31.1 Å². The minimum atomic E-state index is 0.934. The van der Waals surface area contributed by atoms with Gasteiger partial charge in [-0.05, 0) is 25.1 Å². The van der Waals surface area contributed by atoms with Crippen LogP contribution in [-0.4, -0.2) is 41.4 Å². The summed E-state index contributed by atoms with van der Waals surface area (Å²) in [5.74, 6) is 1.01. The van der Waals surface area contributed by atoms with E-state index < -0.39 is 0 Å². The topological polar surface area (TPSA) is 56.8 Å². The van der Waals surface area contributed by atoms with Gasteiger partial charge in [0.2, 0.25) is 0 Å². The Morgan fingerprint density at radius 2 is 2.17 bits per heavy atom. The van der Waals surface area contributed by atoms with Crippen molar-refractivity contribution in [1.29, 1.82) is 0 Å². The fourth-order valence-electron chi connectivity index (χ4n) is 2.20. The molecule has 1 fully saturated rings. The van der Waals surface area contributed by atoms with Crippen molar-refractivity contribution in [1.82, 2.24) is 20.5 Å². The Balaban J connectivity index is 1.80. The molecule has 0 bridgehead atoms. The van der Waals surface area contributed by atoms with Crippen LogP contribution in [0.25, 0.3) is 11.4 Å². The van der Waals surface area contributed by atoms with E-state index in [0.717, 1.165) is 49.8 Å². The second-order valence-corrected chi connectivity index (χ2v) is 4.45. The van der Waals surface area contributed by atoms with Gasteiger partial charge in [-0.15, -0.1) is 0 Å². The first kappa shape index (κ1) is 11.2. The van der Waals surface area contributed by atoms with Crippen molar-refractivity contribution in [2.45, 2.75) is 6.42 Å². The number of hydrogen-bond acceptors (Lipinski definition) is 4. The first-order valence-electron chi connectivity index (χ1n) is 6.36. The Hall–Kier alpha value is -1.88. The summed E-state index contributed by atoms with van der Waals surface area (Å²) in [4.78, 5) is 6.63. The molecule has 2 aromatic rings. The molecular weight excluding hydrogens is 226 g/mol. The van der Waals surface area contributed by atoms with Gasteiger partial charge in [-0.1, -0.05) is 6.07 Å². The Morgan fingerprint density at radius 1 is 1.17 bits per heavy atom. The Labute approximate surface area is 106 Å². The third-order valence-electron chi connectivity index (χ3n) is 3.17. The fraction of sp³-hybridized carbons (Fsp3) is 0.385. The third-order valence-corrected chi connectivity index (χ3v) is 3.17. The van der Waals surface area contributed by atoms with E-state index in [-0.39, 0.29) is 0 Å². The molecule has 3 heterocycles. The smallest absolute Gasteiger partial charge is 0.151 e. The lowest BCUT2D eigenvalue weighted by molar-refractivity contribution is 0.724. The number of aromatic nitrogens is 3. The number of rotatable bonds is 2. The van der Waals surface area contributed by atoms with Crippen molar-refractivity contribution in [2.24, 2.45) is 0 Å². The highest BCUT2D eigenvalue weighted by molar-refractivity contribution is 5.59. The zero-order valence-corrected chi connectivity index (χ0v) is 10.3. The van der Waals surface area contributed by atoms with Gasteiger partial charge < -0.3 is 10.2 Å². The summed E-state index contributed by atoms with van der Waals surface area (Å²) in [6.45, 7) is 4.17. The van der Waals surface area contributed by atoms with Crippen molar-refractivity contribution in [3.63, 3.8) is 0 Å². The molecule has 3 rings (SSSR count). The highest BCUT2D eigenvalue weighted by Crippen LogP contribution is 2.20. The van der Waals surface area contributed by atoms with Crippen LogP contribution < -0.4 is 10.2 Å². The summed E-state index contributed by atoms with van der Waals surface area (Å²) in [6, 6.07) is 7.97. The number of pyridine rings is 1. The minimum Gasteiger partial charge on any atom is -0.354 e. The second kappa shape index (κ2) is 5.18. The molecule has 5 heteroatoms. The van der Waals surface area contributed by atoms with Crippen LogP contribution in [0.5, 0.6) is 0 Å². The average Bonchev–Trinajstić information content (AvgIpc) is 2.76. The van der Waals surface area contributed by atoms with Crippen LogP contribution in [0.15, 0.2) is 30.5 Å².